The lowest BCUT2D eigenvalue weighted by molar-refractivity contribution is -0.0522. The summed E-state index contributed by atoms with van der Waals surface area (Å²) >= 11 is 0. The van der Waals surface area contributed by atoms with Crippen molar-refractivity contribution in [2.45, 2.75) is 55.7 Å². The van der Waals surface area contributed by atoms with Crippen molar-refractivity contribution in [1.82, 2.24) is 4.72 Å². The Kier molecular flexibility index (Phi) is 5.26. The molecule has 9 heteroatoms. The molecule has 2 atom stereocenters. The fraction of sp³-hybridized carbons (Fsp3) is 0.625. The van der Waals surface area contributed by atoms with Gasteiger partial charge in [0.1, 0.15) is 0 Å². The first kappa shape index (κ1) is 18.5. The van der Waals surface area contributed by atoms with Gasteiger partial charge in [-0.15, -0.1) is 0 Å². The second-order valence-corrected chi connectivity index (χ2v) is 8.51. The Balaban J connectivity index is 1.79. The smallest absolute Gasteiger partial charge is 0.387 e. The highest BCUT2D eigenvalue weighted by Gasteiger charge is 2.41. The SMILES string of the molecule is NC1CC2CCCC(C1)C2NS(=O)(=O)c1ccc(OC(F)F)c(F)c1. The molecular weight excluding hydrogens is 357 g/mol. The van der Waals surface area contributed by atoms with Crippen molar-refractivity contribution in [1.29, 1.82) is 0 Å². The van der Waals surface area contributed by atoms with Crippen LogP contribution in [-0.4, -0.2) is 27.1 Å². The van der Waals surface area contributed by atoms with Gasteiger partial charge in [-0.3, -0.25) is 0 Å². The predicted molar refractivity (Wildman–Crippen MR) is 85.2 cm³/mol. The van der Waals surface area contributed by atoms with E-state index in [0.29, 0.717) is 6.07 Å². The lowest BCUT2D eigenvalue weighted by atomic mass is 9.67. The monoisotopic (exact) mass is 378 g/mol. The average Bonchev–Trinajstić information content (AvgIpc) is 2.49. The molecule has 3 rings (SSSR count). The van der Waals surface area contributed by atoms with E-state index in [9.17, 15) is 21.6 Å². The van der Waals surface area contributed by atoms with Crippen LogP contribution in [0, 0.1) is 17.7 Å². The number of nitrogens with one attached hydrogen (secondary N) is 1. The minimum atomic E-state index is -3.96. The van der Waals surface area contributed by atoms with Gasteiger partial charge in [0.25, 0.3) is 0 Å². The summed E-state index contributed by atoms with van der Waals surface area (Å²) in [5.41, 5.74) is 6.04. The van der Waals surface area contributed by atoms with E-state index in [1.165, 1.54) is 0 Å². The number of benzene rings is 1. The summed E-state index contributed by atoms with van der Waals surface area (Å²) < 4.78 is 70.1. The molecule has 1 aromatic rings. The van der Waals surface area contributed by atoms with Gasteiger partial charge in [-0.1, -0.05) is 6.42 Å². The van der Waals surface area contributed by atoms with E-state index >= 15 is 0 Å². The van der Waals surface area contributed by atoms with Gasteiger partial charge in [0, 0.05) is 12.1 Å². The Morgan fingerprint density at radius 2 is 1.84 bits per heavy atom. The van der Waals surface area contributed by atoms with Crippen molar-refractivity contribution in [3.05, 3.63) is 24.0 Å². The zero-order valence-electron chi connectivity index (χ0n) is 13.5. The summed E-state index contributed by atoms with van der Waals surface area (Å²) in [5.74, 6) is -1.49. The van der Waals surface area contributed by atoms with Gasteiger partial charge in [0.15, 0.2) is 11.6 Å². The average molecular weight is 378 g/mol. The van der Waals surface area contributed by atoms with Crippen LogP contribution in [0.2, 0.25) is 0 Å². The van der Waals surface area contributed by atoms with Crippen LogP contribution in [0.4, 0.5) is 13.2 Å². The summed E-state index contributed by atoms with van der Waals surface area (Å²) in [5, 5.41) is 0. The maximum Gasteiger partial charge on any atom is 0.387 e. The van der Waals surface area contributed by atoms with Crippen LogP contribution in [0.1, 0.15) is 32.1 Å². The number of halogens is 3. The number of rotatable bonds is 5. The van der Waals surface area contributed by atoms with Crippen molar-refractivity contribution in [3.8, 4) is 5.75 Å². The van der Waals surface area contributed by atoms with E-state index in [1.807, 2.05) is 0 Å². The van der Waals surface area contributed by atoms with E-state index in [1.54, 1.807) is 0 Å². The van der Waals surface area contributed by atoms with Crippen LogP contribution in [0.25, 0.3) is 0 Å². The molecule has 2 bridgehead atoms. The van der Waals surface area contributed by atoms with Crippen LogP contribution in [0.3, 0.4) is 0 Å². The van der Waals surface area contributed by atoms with Crippen LogP contribution < -0.4 is 15.2 Å². The Morgan fingerprint density at radius 3 is 2.40 bits per heavy atom. The molecule has 2 unspecified atom stereocenters. The number of alkyl halides is 2. The summed E-state index contributed by atoms with van der Waals surface area (Å²) in [6.07, 6.45) is 4.40. The molecule has 2 aliphatic rings. The number of hydrogen-bond donors (Lipinski definition) is 2. The molecule has 0 heterocycles. The Morgan fingerprint density at radius 1 is 1.20 bits per heavy atom. The van der Waals surface area contributed by atoms with Crippen LogP contribution in [0.15, 0.2) is 23.1 Å². The normalized spacial score (nSPS) is 29.6. The van der Waals surface area contributed by atoms with Crippen molar-refractivity contribution >= 4 is 10.0 Å². The third-order valence-corrected chi connectivity index (χ3v) is 6.55. The molecule has 0 radical (unpaired) electrons. The molecule has 3 N–H and O–H groups in total. The van der Waals surface area contributed by atoms with E-state index in [0.717, 1.165) is 44.2 Å². The van der Waals surface area contributed by atoms with Gasteiger partial charge < -0.3 is 10.5 Å². The minimum Gasteiger partial charge on any atom is -0.432 e. The number of nitrogens with two attached hydrogens (primary N) is 1. The Bertz CT molecular complexity index is 715. The van der Waals surface area contributed by atoms with Crippen LogP contribution >= 0.6 is 0 Å². The van der Waals surface area contributed by atoms with Gasteiger partial charge in [-0.2, -0.15) is 8.78 Å². The van der Waals surface area contributed by atoms with E-state index in [2.05, 4.69) is 9.46 Å². The molecule has 2 saturated carbocycles. The summed E-state index contributed by atoms with van der Waals surface area (Å²) in [6, 6.07) is 2.52. The number of sulfonamides is 1. The third-order valence-electron chi connectivity index (χ3n) is 5.10. The molecule has 2 aliphatic carbocycles. The fourth-order valence-corrected chi connectivity index (χ4v) is 5.45. The van der Waals surface area contributed by atoms with Crippen molar-refractivity contribution < 1.29 is 26.3 Å². The molecular formula is C16H21F3N2O3S. The summed E-state index contributed by atoms with van der Waals surface area (Å²) in [6.45, 7) is -3.18. The first-order valence-corrected chi connectivity index (χ1v) is 9.77. The molecule has 25 heavy (non-hydrogen) atoms. The highest BCUT2D eigenvalue weighted by Crippen LogP contribution is 2.40. The quantitative estimate of drug-likeness (QED) is 0.825. The highest BCUT2D eigenvalue weighted by atomic mass is 32.2. The lowest BCUT2D eigenvalue weighted by Crippen LogP contribution is -2.53. The summed E-state index contributed by atoms with van der Waals surface area (Å²) in [7, 11) is -3.96. The Hall–Kier alpha value is -1.32. The summed E-state index contributed by atoms with van der Waals surface area (Å²) in [4.78, 5) is -0.306. The van der Waals surface area contributed by atoms with Crippen LogP contribution in [0.5, 0.6) is 5.75 Å². The standard InChI is InChI=1S/C16H21F3N2O3S/c17-13-8-12(4-5-14(13)24-16(18)19)25(22,23)21-15-9-2-1-3-10(15)7-11(20)6-9/h4-5,8-11,15-16,21H,1-3,6-7,20H2. The number of hydrogen-bond acceptors (Lipinski definition) is 4. The minimum absolute atomic E-state index is 0.0827. The molecule has 5 nitrogen and oxygen atoms in total. The lowest BCUT2D eigenvalue weighted by Gasteiger charge is -2.45. The molecule has 1 aromatic carbocycles. The number of ether oxygens (including phenoxy) is 1. The van der Waals surface area contributed by atoms with Gasteiger partial charge in [-0.25, -0.2) is 17.5 Å². The maximum absolute atomic E-state index is 13.8. The topological polar surface area (TPSA) is 81.4 Å². The number of fused-ring (bicyclic) bond motifs is 2. The van der Waals surface area contributed by atoms with Crippen LogP contribution in [-0.2, 0) is 10.0 Å². The second kappa shape index (κ2) is 7.13. The van der Waals surface area contributed by atoms with Gasteiger partial charge in [0.05, 0.1) is 4.90 Å². The molecule has 2 fully saturated rings. The van der Waals surface area contributed by atoms with Crippen molar-refractivity contribution in [2.75, 3.05) is 0 Å². The molecule has 0 aromatic heterocycles. The molecule has 0 amide bonds. The Labute approximate surface area is 144 Å². The molecule has 0 saturated heterocycles. The highest BCUT2D eigenvalue weighted by molar-refractivity contribution is 7.89. The zero-order valence-corrected chi connectivity index (χ0v) is 14.3. The van der Waals surface area contributed by atoms with Gasteiger partial charge >= 0.3 is 6.61 Å². The third kappa shape index (κ3) is 4.09. The predicted octanol–water partition coefficient (Wildman–Crippen LogP) is 2.61. The largest absolute Gasteiger partial charge is 0.432 e. The van der Waals surface area contributed by atoms with E-state index < -0.39 is 28.2 Å². The maximum atomic E-state index is 13.8. The van der Waals surface area contributed by atoms with E-state index in [4.69, 9.17) is 5.73 Å². The van der Waals surface area contributed by atoms with Gasteiger partial charge in [0.2, 0.25) is 10.0 Å². The zero-order chi connectivity index (χ0) is 18.2. The van der Waals surface area contributed by atoms with Crippen molar-refractivity contribution in [3.63, 3.8) is 0 Å². The van der Waals surface area contributed by atoms with Crippen molar-refractivity contribution in [2.24, 2.45) is 17.6 Å². The molecule has 0 aliphatic heterocycles. The first-order chi connectivity index (χ1) is 11.8. The van der Waals surface area contributed by atoms with Gasteiger partial charge in [-0.05, 0) is 55.7 Å². The molecule has 140 valence electrons. The first-order valence-electron chi connectivity index (χ1n) is 8.28. The second-order valence-electron chi connectivity index (χ2n) is 6.80. The molecule has 0 spiro atoms. The van der Waals surface area contributed by atoms with E-state index in [-0.39, 0.29) is 28.8 Å². The fourth-order valence-electron chi connectivity index (χ4n) is 4.07.